The number of hydrogen-bond acceptors (Lipinski definition) is 2. The van der Waals surface area contributed by atoms with Crippen LogP contribution in [0.3, 0.4) is 0 Å². The van der Waals surface area contributed by atoms with Crippen molar-refractivity contribution in [3.63, 3.8) is 0 Å². The van der Waals surface area contributed by atoms with Gasteiger partial charge in [0.15, 0.2) is 0 Å². The van der Waals surface area contributed by atoms with Gasteiger partial charge in [-0.05, 0) is 56.8 Å². The second-order valence-electron chi connectivity index (χ2n) is 8.69. The van der Waals surface area contributed by atoms with Crippen molar-refractivity contribution in [3.05, 3.63) is 60.9 Å². The summed E-state index contributed by atoms with van der Waals surface area (Å²) in [5.74, 6) is 0.311. The summed E-state index contributed by atoms with van der Waals surface area (Å²) in [4.78, 5) is 11.0. The number of unbranched alkanes of at least 4 members (excludes halogenated alkanes) is 6. The number of carbonyl (C=O) groups is 1. The highest BCUT2D eigenvalue weighted by molar-refractivity contribution is 5.66. The van der Waals surface area contributed by atoms with Gasteiger partial charge in [0.1, 0.15) is 0 Å². The van der Waals surface area contributed by atoms with Crippen molar-refractivity contribution in [3.8, 4) is 0 Å². The summed E-state index contributed by atoms with van der Waals surface area (Å²) in [5, 5.41) is 18.2. The lowest BCUT2D eigenvalue weighted by Crippen LogP contribution is -2.12. The Labute approximate surface area is 197 Å². The molecule has 182 valence electrons. The van der Waals surface area contributed by atoms with E-state index in [9.17, 15) is 4.79 Å². The molecule has 0 aromatic heterocycles. The molecule has 2 N–H and O–H groups in total. The first-order chi connectivity index (χ1) is 15.5. The molecule has 0 saturated heterocycles. The summed E-state index contributed by atoms with van der Waals surface area (Å²) in [6.45, 7) is 7.97. The molecule has 0 bridgehead atoms. The Morgan fingerprint density at radius 3 is 1.78 bits per heavy atom. The molecule has 0 fully saturated rings. The molecule has 0 amide bonds. The van der Waals surface area contributed by atoms with Crippen LogP contribution in [0.4, 0.5) is 0 Å². The first-order valence-corrected chi connectivity index (χ1v) is 12.8. The zero-order valence-electron chi connectivity index (χ0n) is 20.7. The Morgan fingerprint density at radius 2 is 1.25 bits per heavy atom. The molecule has 3 heteroatoms. The minimum atomic E-state index is -0.713. The van der Waals surface area contributed by atoms with Crippen LogP contribution in [0.5, 0.6) is 0 Å². The van der Waals surface area contributed by atoms with E-state index in [1.165, 1.54) is 38.5 Å². The molecule has 2 atom stereocenters. The van der Waals surface area contributed by atoms with Gasteiger partial charge in [-0.3, -0.25) is 4.79 Å². The zero-order chi connectivity index (χ0) is 23.9. The highest BCUT2D eigenvalue weighted by atomic mass is 16.4. The maximum Gasteiger partial charge on any atom is 0.303 e. The van der Waals surface area contributed by atoms with Crippen molar-refractivity contribution in [2.24, 2.45) is 11.8 Å². The van der Waals surface area contributed by atoms with Crippen LogP contribution in [0.1, 0.15) is 104 Å². The number of aliphatic hydroxyl groups is 1. The van der Waals surface area contributed by atoms with Crippen molar-refractivity contribution >= 4 is 5.97 Å². The summed E-state index contributed by atoms with van der Waals surface area (Å²) in [6, 6.07) is 0. The third-order valence-electron chi connectivity index (χ3n) is 5.64. The van der Waals surface area contributed by atoms with Gasteiger partial charge < -0.3 is 10.2 Å². The summed E-state index contributed by atoms with van der Waals surface area (Å²) in [7, 11) is 0. The lowest BCUT2D eigenvalue weighted by molar-refractivity contribution is -0.137. The van der Waals surface area contributed by atoms with Gasteiger partial charge in [-0.15, -0.1) is 0 Å². The predicted molar refractivity (Wildman–Crippen MR) is 139 cm³/mol. The van der Waals surface area contributed by atoms with Crippen molar-refractivity contribution in [2.75, 3.05) is 0 Å². The minimum absolute atomic E-state index is 0.235. The van der Waals surface area contributed by atoms with E-state index in [4.69, 9.17) is 10.2 Å². The van der Waals surface area contributed by atoms with Gasteiger partial charge >= 0.3 is 5.97 Å². The zero-order valence-corrected chi connectivity index (χ0v) is 20.7. The van der Waals surface area contributed by atoms with E-state index < -0.39 is 5.97 Å². The van der Waals surface area contributed by atoms with Crippen LogP contribution < -0.4 is 0 Å². The summed E-state index contributed by atoms with van der Waals surface area (Å²) >= 11 is 0. The standard InChI is InChI=1S/C29H48O3/c1-4-6-8-9-10-13-17-23-28(24-19-25-29(31)32)27(21-15-7-5-2)22-18-14-11-12-16-20-26(3)30/h10-11,13-14,17-18,22-23,27-28,30H,3-9,12,15-16,19-21,24-25H2,1-2H3,(H,31,32)/b13-10-,14-11+,22-18+,23-17+/t27-,28+/m0/s1. The maximum absolute atomic E-state index is 11.0. The van der Waals surface area contributed by atoms with Gasteiger partial charge in [-0.1, -0.05) is 101 Å². The predicted octanol–water partition coefficient (Wildman–Crippen LogP) is 9.10. The van der Waals surface area contributed by atoms with Crippen molar-refractivity contribution in [1.29, 1.82) is 0 Å². The van der Waals surface area contributed by atoms with Gasteiger partial charge in [-0.2, -0.15) is 0 Å². The van der Waals surface area contributed by atoms with Crippen LogP contribution in [0.15, 0.2) is 60.9 Å². The monoisotopic (exact) mass is 444 g/mol. The molecule has 0 unspecified atom stereocenters. The second-order valence-corrected chi connectivity index (χ2v) is 8.69. The molecule has 0 aliphatic rings. The third kappa shape index (κ3) is 19.9. The van der Waals surface area contributed by atoms with Crippen molar-refractivity contribution < 1.29 is 15.0 Å². The van der Waals surface area contributed by atoms with E-state index in [0.29, 0.717) is 24.7 Å². The Kier molecular flexibility index (Phi) is 20.8. The lowest BCUT2D eigenvalue weighted by Gasteiger charge is -2.22. The van der Waals surface area contributed by atoms with E-state index in [1.807, 2.05) is 0 Å². The Morgan fingerprint density at radius 1 is 0.719 bits per heavy atom. The number of aliphatic carboxylic acids is 1. The highest BCUT2D eigenvalue weighted by Crippen LogP contribution is 2.27. The van der Waals surface area contributed by atoms with Crippen LogP contribution in [-0.4, -0.2) is 16.2 Å². The molecule has 32 heavy (non-hydrogen) atoms. The first kappa shape index (κ1) is 30.0. The molecule has 0 aliphatic carbocycles. The van der Waals surface area contributed by atoms with Gasteiger partial charge in [0, 0.05) is 12.8 Å². The van der Waals surface area contributed by atoms with Crippen molar-refractivity contribution in [2.45, 2.75) is 104 Å². The molecule has 3 nitrogen and oxygen atoms in total. The molecule has 0 aromatic rings. The molecule has 0 heterocycles. The lowest BCUT2D eigenvalue weighted by atomic mass is 9.83. The molecule has 0 rings (SSSR count). The van der Waals surface area contributed by atoms with E-state index in [-0.39, 0.29) is 12.2 Å². The fourth-order valence-electron chi connectivity index (χ4n) is 3.72. The highest BCUT2D eigenvalue weighted by Gasteiger charge is 2.16. The first-order valence-electron chi connectivity index (χ1n) is 12.8. The largest absolute Gasteiger partial charge is 0.513 e. The smallest absolute Gasteiger partial charge is 0.303 e. The average molecular weight is 445 g/mol. The molecule has 0 spiro atoms. The van der Waals surface area contributed by atoms with E-state index in [0.717, 1.165) is 32.1 Å². The number of rotatable bonds is 21. The molecule has 0 aliphatic heterocycles. The number of carboxylic acid groups (broad SMARTS) is 1. The fourth-order valence-corrected chi connectivity index (χ4v) is 3.72. The summed E-state index contributed by atoms with van der Waals surface area (Å²) in [5.41, 5.74) is 0. The van der Waals surface area contributed by atoms with Gasteiger partial charge in [0.25, 0.3) is 0 Å². The number of aliphatic hydroxyl groups excluding tert-OH is 1. The summed E-state index contributed by atoms with van der Waals surface area (Å²) in [6.07, 6.45) is 31.5. The Bertz CT molecular complexity index is 583. The average Bonchev–Trinajstić information content (AvgIpc) is 2.75. The van der Waals surface area contributed by atoms with E-state index in [2.05, 4.69) is 69.0 Å². The van der Waals surface area contributed by atoms with Crippen molar-refractivity contribution in [1.82, 2.24) is 0 Å². The van der Waals surface area contributed by atoms with Crippen LogP contribution in [0.2, 0.25) is 0 Å². The van der Waals surface area contributed by atoms with E-state index in [1.54, 1.807) is 0 Å². The third-order valence-corrected chi connectivity index (χ3v) is 5.64. The van der Waals surface area contributed by atoms with Crippen LogP contribution in [0, 0.1) is 11.8 Å². The minimum Gasteiger partial charge on any atom is -0.513 e. The van der Waals surface area contributed by atoms with Crippen LogP contribution in [0.25, 0.3) is 0 Å². The van der Waals surface area contributed by atoms with Gasteiger partial charge in [0.05, 0.1) is 5.76 Å². The Balaban J connectivity index is 5.06. The quantitative estimate of drug-likeness (QED) is 0.105. The number of hydrogen-bond donors (Lipinski definition) is 2. The van der Waals surface area contributed by atoms with Gasteiger partial charge in [-0.25, -0.2) is 0 Å². The molecule has 0 saturated carbocycles. The molecule has 0 aromatic carbocycles. The normalized spacial score (nSPS) is 14.2. The summed E-state index contributed by atoms with van der Waals surface area (Å²) < 4.78 is 0. The van der Waals surface area contributed by atoms with Gasteiger partial charge in [0.2, 0.25) is 0 Å². The molecular formula is C29H48O3. The van der Waals surface area contributed by atoms with E-state index >= 15 is 0 Å². The number of carboxylic acids is 1. The number of allylic oxidation sites excluding steroid dienone is 9. The second kappa shape index (κ2) is 22.2. The maximum atomic E-state index is 11.0. The topological polar surface area (TPSA) is 57.5 Å². The SMILES string of the molecule is C=C(O)CCC/C=C/C=C/[C@H](CCCCC)[C@H](/C=C/C=C\CCCCC)CCCC(=O)O. The Hall–Kier alpha value is -2.03. The van der Waals surface area contributed by atoms with Crippen LogP contribution in [-0.2, 0) is 4.79 Å². The fraction of sp³-hybridized carbons (Fsp3) is 0.621. The van der Waals surface area contributed by atoms with Crippen LogP contribution >= 0.6 is 0 Å². The molecule has 0 radical (unpaired) electrons. The molecular weight excluding hydrogens is 396 g/mol.